The van der Waals surface area contributed by atoms with E-state index in [9.17, 15) is 13.6 Å². The molecular formula is C7H3ClF2O2. The van der Waals surface area contributed by atoms with Crippen molar-refractivity contribution in [3.05, 3.63) is 29.3 Å². The molecule has 0 spiro atoms. The summed E-state index contributed by atoms with van der Waals surface area (Å²) < 4.78 is 25.3. The number of hydrogen-bond donors (Lipinski definition) is 1. The highest BCUT2D eigenvalue weighted by Gasteiger charge is 2.18. The summed E-state index contributed by atoms with van der Waals surface area (Å²) in [7, 11) is 0. The summed E-state index contributed by atoms with van der Waals surface area (Å²) in [4.78, 5) is 10.4. The Morgan fingerprint density at radius 3 is 2.42 bits per heavy atom. The molecule has 0 aliphatic rings. The molecule has 0 unspecified atom stereocenters. The van der Waals surface area contributed by atoms with E-state index < -0.39 is 28.2 Å². The molecule has 0 aliphatic carbocycles. The first-order chi connectivity index (χ1) is 5.54. The molecule has 0 heterocycles. The van der Waals surface area contributed by atoms with Crippen LogP contribution in [0.5, 0.6) is 5.75 Å². The topological polar surface area (TPSA) is 37.3 Å². The van der Waals surface area contributed by atoms with E-state index in [1.165, 1.54) is 0 Å². The molecule has 1 aromatic rings. The fraction of sp³-hybridized carbons (Fsp3) is 0. The zero-order valence-corrected chi connectivity index (χ0v) is 6.40. The third-order valence-electron chi connectivity index (χ3n) is 1.27. The molecule has 0 atom stereocenters. The van der Waals surface area contributed by atoms with Crippen LogP contribution >= 0.6 is 11.6 Å². The fourth-order valence-corrected chi connectivity index (χ4v) is 0.895. The van der Waals surface area contributed by atoms with Gasteiger partial charge >= 0.3 is 0 Å². The third-order valence-corrected chi connectivity index (χ3v) is 1.46. The number of carbonyl (C=O) groups excluding carboxylic acids is 1. The highest BCUT2D eigenvalue weighted by atomic mass is 35.5. The van der Waals surface area contributed by atoms with Gasteiger partial charge in [-0.05, 0) is 23.7 Å². The van der Waals surface area contributed by atoms with Crippen molar-refractivity contribution in [3.8, 4) is 5.75 Å². The van der Waals surface area contributed by atoms with Gasteiger partial charge in [-0.25, -0.2) is 8.78 Å². The van der Waals surface area contributed by atoms with Gasteiger partial charge in [-0.3, -0.25) is 4.79 Å². The second-order valence-corrected chi connectivity index (χ2v) is 2.37. The summed E-state index contributed by atoms with van der Waals surface area (Å²) in [5.41, 5.74) is -0.934. The van der Waals surface area contributed by atoms with E-state index in [-0.39, 0.29) is 0 Å². The fourth-order valence-electron chi connectivity index (χ4n) is 0.722. The molecule has 0 fully saturated rings. The van der Waals surface area contributed by atoms with Crippen molar-refractivity contribution < 1.29 is 18.7 Å². The van der Waals surface area contributed by atoms with Crippen molar-refractivity contribution in [1.82, 2.24) is 0 Å². The number of hydrogen-bond acceptors (Lipinski definition) is 2. The number of benzene rings is 1. The van der Waals surface area contributed by atoms with Crippen LogP contribution in [0, 0.1) is 11.6 Å². The number of aromatic hydroxyl groups is 1. The van der Waals surface area contributed by atoms with Crippen molar-refractivity contribution in [1.29, 1.82) is 0 Å². The predicted molar refractivity (Wildman–Crippen MR) is 38.2 cm³/mol. The van der Waals surface area contributed by atoms with Crippen LogP contribution in [0.3, 0.4) is 0 Å². The lowest BCUT2D eigenvalue weighted by atomic mass is 10.2. The van der Waals surface area contributed by atoms with Gasteiger partial charge in [-0.1, -0.05) is 0 Å². The molecule has 1 rings (SSSR count). The Balaban J connectivity index is 3.43. The maximum Gasteiger partial charge on any atom is 0.258 e. The van der Waals surface area contributed by atoms with Gasteiger partial charge in [0.25, 0.3) is 5.24 Å². The Labute approximate surface area is 71.4 Å². The van der Waals surface area contributed by atoms with E-state index in [2.05, 4.69) is 0 Å². The standard InChI is InChI=1S/C7H3ClF2O2/c8-7(12)5-3(9)1-2-4(11)6(5)10/h1-2,11H. The lowest BCUT2D eigenvalue weighted by Gasteiger charge is -2.00. The van der Waals surface area contributed by atoms with Crippen LogP contribution in [0.25, 0.3) is 0 Å². The average Bonchev–Trinajstić information content (AvgIpc) is 1.97. The highest BCUT2D eigenvalue weighted by molar-refractivity contribution is 6.67. The summed E-state index contributed by atoms with van der Waals surface area (Å²) >= 11 is 4.86. The number of phenolic OH excluding ortho intramolecular Hbond substituents is 1. The van der Waals surface area contributed by atoms with Crippen LogP contribution in [0.15, 0.2) is 12.1 Å². The van der Waals surface area contributed by atoms with E-state index in [0.29, 0.717) is 0 Å². The van der Waals surface area contributed by atoms with Gasteiger partial charge in [0, 0.05) is 0 Å². The van der Waals surface area contributed by atoms with Crippen LogP contribution in [-0.2, 0) is 0 Å². The molecular weight excluding hydrogens is 190 g/mol. The van der Waals surface area contributed by atoms with E-state index >= 15 is 0 Å². The van der Waals surface area contributed by atoms with Crippen LogP contribution < -0.4 is 0 Å². The second-order valence-electron chi connectivity index (χ2n) is 2.03. The first kappa shape index (κ1) is 8.93. The van der Waals surface area contributed by atoms with Crippen molar-refractivity contribution in [3.63, 3.8) is 0 Å². The summed E-state index contributed by atoms with van der Waals surface area (Å²) in [6.07, 6.45) is 0. The smallest absolute Gasteiger partial charge is 0.258 e. The van der Waals surface area contributed by atoms with Gasteiger partial charge in [0.2, 0.25) is 0 Å². The normalized spacial score (nSPS) is 9.92. The minimum absolute atomic E-state index is 0.758. The highest BCUT2D eigenvalue weighted by Crippen LogP contribution is 2.22. The Morgan fingerprint density at radius 2 is 2.00 bits per heavy atom. The second kappa shape index (κ2) is 3.06. The molecule has 0 saturated heterocycles. The molecule has 0 bridgehead atoms. The van der Waals surface area contributed by atoms with Gasteiger partial charge in [-0.2, -0.15) is 0 Å². The quantitative estimate of drug-likeness (QED) is 0.692. The Kier molecular flexibility index (Phi) is 2.28. The molecule has 0 aliphatic heterocycles. The SMILES string of the molecule is O=C(Cl)c1c(F)ccc(O)c1F. The van der Waals surface area contributed by atoms with Crippen molar-refractivity contribution in [2.75, 3.05) is 0 Å². The molecule has 2 nitrogen and oxygen atoms in total. The van der Waals surface area contributed by atoms with Crippen LogP contribution in [0.1, 0.15) is 10.4 Å². The van der Waals surface area contributed by atoms with Gasteiger partial charge in [0.05, 0.1) is 0 Å². The minimum Gasteiger partial charge on any atom is -0.505 e. The zero-order chi connectivity index (χ0) is 9.30. The van der Waals surface area contributed by atoms with Crippen molar-refractivity contribution in [2.45, 2.75) is 0 Å². The third kappa shape index (κ3) is 1.38. The van der Waals surface area contributed by atoms with Crippen LogP contribution in [0.4, 0.5) is 8.78 Å². The molecule has 0 aromatic heterocycles. The van der Waals surface area contributed by atoms with Crippen molar-refractivity contribution >= 4 is 16.8 Å². The summed E-state index contributed by atoms with van der Waals surface area (Å²) in [6.45, 7) is 0. The summed E-state index contributed by atoms with van der Waals surface area (Å²) in [5, 5.41) is 7.44. The van der Waals surface area contributed by atoms with Crippen molar-refractivity contribution in [2.24, 2.45) is 0 Å². The number of rotatable bonds is 1. The number of carbonyl (C=O) groups is 1. The molecule has 0 radical (unpaired) electrons. The lowest BCUT2D eigenvalue weighted by Crippen LogP contribution is -1.99. The Bertz CT molecular complexity index is 338. The molecule has 0 amide bonds. The van der Waals surface area contributed by atoms with Gasteiger partial charge < -0.3 is 5.11 Å². The summed E-state index contributed by atoms with van der Waals surface area (Å²) in [5.74, 6) is -3.24. The Hall–Kier alpha value is -1.16. The predicted octanol–water partition coefficient (Wildman–Crippen LogP) is 2.05. The molecule has 64 valence electrons. The van der Waals surface area contributed by atoms with E-state index in [1.54, 1.807) is 0 Å². The van der Waals surface area contributed by atoms with Gasteiger partial charge in [-0.15, -0.1) is 0 Å². The van der Waals surface area contributed by atoms with Gasteiger partial charge in [0.1, 0.15) is 11.4 Å². The molecule has 5 heteroatoms. The van der Waals surface area contributed by atoms with Crippen LogP contribution in [-0.4, -0.2) is 10.3 Å². The number of halogens is 3. The zero-order valence-electron chi connectivity index (χ0n) is 5.64. The summed E-state index contributed by atoms with van der Waals surface area (Å²) in [6, 6.07) is 1.56. The number of phenols is 1. The van der Waals surface area contributed by atoms with E-state index in [1.807, 2.05) is 0 Å². The molecule has 12 heavy (non-hydrogen) atoms. The first-order valence-corrected chi connectivity index (χ1v) is 3.28. The van der Waals surface area contributed by atoms with Crippen LogP contribution in [0.2, 0.25) is 0 Å². The monoisotopic (exact) mass is 192 g/mol. The maximum absolute atomic E-state index is 12.7. The van der Waals surface area contributed by atoms with E-state index in [4.69, 9.17) is 16.7 Å². The largest absolute Gasteiger partial charge is 0.505 e. The molecule has 1 aromatic carbocycles. The maximum atomic E-state index is 12.7. The molecule has 0 saturated carbocycles. The Morgan fingerprint density at radius 1 is 1.42 bits per heavy atom. The van der Waals surface area contributed by atoms with Gasteiger partial charge in [0.15, 0.2) is 11.6 Å². The minimum atomic E-state index is -1.34. The lowest BCUT2D eigenvalue weighted by molar-refractivity contribution is 0.107. The molecule has 1 N–H and O–H groups in total. The first-order valence-electron chi connectivity index (χ1n) is 2.91. The average molecular weight is 193 g/mol. The van der Waals surface area contributed by atoms with E-state index in [0.717, 1.165) is 12.1 Å².